The molecule has 4 heteroatoms. The molecule has 0 spiro atoms. The second-order valence-electron chi connectivity index (χ2n) is 3.24. The van der Waals surface area contributed by atoms with Crippen molar-refractivity contribution in [2.75, 3.05) is 11.9 Å². The minimum atomic E-state index is -0.0328. The molecular formula is C11H15BrN2O. The monoisotopic (exact) mass is 270 g/mol. The predicted octanol–water partition coefficient (Wildman–Crippen LogP) is 2.30. The van der Waals surface area contributed by atoms with Gasteiger partial charge < -0.3 is 11.1 Å². The van der Waals surface area contributed by atoms with E-state index < -0.39 is 0 Å². The number of benzene rings is 1. The quantitative estimate of drug-likeness (QED) is 0.882. The Labute approximate surface area is 98.2 Å². The molecule has 82 valence electrons. The first-order valence-corrected chi connectivity index (χ1v) is 5.75. The van der Waals surface area contributed by atoms with Gasteiger partial charge in [-0.25, -0.2) is 0 Å². The summed E-state index contributed by atoms with van der Waals surface area (Å²) >= 11 is 3.40. The number of hydrogen-bond acceptors (Lipinski definition) is 2. The summed E-state index contributed by atoms with van der Waals surface area (Å²) in [6.45, 7) is 2.43. The summed E-state index contributed by atoms with van der Waals surface area (Å²) in [7, 11) is 0. The van der Waals surface area contributed by atoms with Gasteiger partial charge in [0.2, 0.25) is 5.91 Å². The standard InChI is InChI=1S/C11H15BrN2O/c1-2-8-7-9(12)3-4-10(8)14-11(15)5-6-13/h3-4,7H,2,5-6,13H2,1H3,(H,14,15). The molecule has 1 amide bonds. The number of anilines is 1. The number of carbonyl (C=O) groups excluding carboxylic acids is 1. The third-order valence-electron chi connectivity index (χ3n) is 2.09. The van der Waals surface area contributed by atoms with Crippen molar-refractivity contribution in [3.8, 4) is 0 Å². The maximum Gasteiger partial charge on any atom is 0.225 e. The van der Waals surface area contributed by atoms with Crippen LogP contribution >= 0.6 is 15.9 Å². The van der Waals surface area contributed by atoms with Crippen molar-refractivity contribution in [3.05, 3.63) is 28.2 Å². The normalized spacial score (nSPS) is 10.1. The highest BCUT2D eigenvalue weighted by Gasteiger charge is 2.05. The van der Waals surface area contributed by atoms with Crippen LogP contribution < -0.4 is 11.1 Å². The zero-order chi connectivity index (χ0) is 11.3. The fourth-order valence-electron chi connectivity index (χ4n) is 1.32. The summed E-state index contributed by atoms with van der Waals surface area (Å²) in [6.07, 6.45) is 1.25. The van der Waals surface area contributed by atoms with Gasteiger partial charge in [0.15, 0.2) is 0 Å². The Morgan fingerprint density at radius 1 is 1.53 bits per heavy atom. The predicted molar refractivity (Wildman–Crippen MR) is 65.8 cm³/mol. The molecule has 0 aromatic heterocycles. The van der Waals surface area contributed by atoms with Crippen LogP contribution in [0.3, 0.4) is 0 Å². The average molecular weight is 271 g/mol. The van der Waals surface area contributed by atoms with E-state index in [1.165, 1.54) is 0 Å². The molecule has 0 bridgehead atoms. The second-order valence-corrected chi connectivity index (χ2v) is 4.16. The molecule has 1 rings (SSSR count). The van der Waals surface area contributed by atoms with Crippen LogP contribution in [0.1, 0.15) is 18.9 Å². The van der Waals surface area contributed by atoms with Crippen LogP contribution in [0, 0.1) is 0 Å². The molecular weight excluding hydrogens is 256 g/mol. The van der Waals surface area contributed by atoms with Crippen LogP contribution in [-0.2, 0) is 11.2 Å². The first kappa shape index (κ1) is 12.2. The smallest absolute Gasteiger partial charge is 0.225 e. The van der Waals surface area contributed by atoms with E-state index in [1.807, 2.05) is 18.2 Å². The largest absolute Gasteiger partial charge is 0.330 e. The van der Waals surface area contributed by atoms with E-state index in [-0.39, 0.29) is 5.91 Å². The minimum Gasteiger partial charge on any atom is -0.330 e. The molecule has 3 nitrogen and oxygen atoms in total. The molecule has 0 saturated carbocycles. The van der Waals surface area contributed by atoms with E-state index in [4.69, 9.17) is 5.73 Å². The van der Waals surface area contributed by atoms with Crippen molar-refractivity contribution >= 4 is 27.5 Å². The Balaban J connectivity index is 2.80. The van der Waals surface area contributed by atoms with Crippen molar-refractivity contribution < 1.29 is 4.79 Å². The Bertz CT molecular complexity index is 352. The van der Waals surface area contributed by atoms with Crippen molar-refractivity contribution in [1.82, 2.24) is 0 Å². The highest BCUT2D eigenvalue weighted by atomic mass is 79.9. The van der Waals surface area contributed by atoms with Gasteiger partial charge in [-0.05, 0) is 30.2 Å². The Morgan fingerprint density at radius 3 is 2.87 bits per heavy atom. The summed E-state index contributed by atoms with van der Waals surface area (Å²) < 4.78 is 1.02. The number of rotatable bonds is 4. The second kappa shape index (κ2) is 5.88. The summed E-state index contributed by atoms with van der Waals surface area (Å²) in [5.41, 5.74) is 7.30. The lowest BCUT2D eigenvalue weighted by Gasteiger charge is -2.09. The Kier molecular flexibility index (Phi) is 4.78. The van der Waals surface area contributed by atoms with E-state index >= 15 is 0 Å². The van der Waals surface area contributed by atoms with Crippen LogP contribution in [0.5, 0.6) is 0 Å². The number of carbonyl (C=O) groups is 1. The molecule has 15 heavy (non-hydrogen) atoms. The topological polar surface area (TPSA) is 55.1 Å². The third-order valence-corrected chi connectivity index (χ3v) is 2.59. The van der Waals surface area contributed by atoms with E-state index in [9.17, 15) is 4.79 Å². The molecule has 0 saturated heterocycles. The number of halogens is 1. The highest BCUT2D eigenvalue weighted by Crippen LogP contribution is 2.21. The van der Waals surface area contributed by atoms with E-state index in [0.717, 1.165) is 22.1 Å². The van der Waals surface area contributed by atoms with Gasteiger partial charge in [-0.1, -0.05) is 22.9 Å². The molecule has 3 N–H and O–H groups in total. The SMILES string of the molecule is CCc1cc(Br)ccc1NC(=O)CCN. The van der Waals surface area contributed by atoms with E-state index in [2.05, 4.69) is 28.2 Å². The van der Waals surface area contributed by atoms with Gasteiger partial charge in [0.05, 0.1) is 0 Å². The average Bonchev–Trinajstić information content (AvgIpc) is 2.21. The van der Waals surface area contributed by atoms with Crippen molar-refractivity contribution in [2.45, 2.75) is 19.8 Å². The Morgan fingerprint density at radius 2 is 2.27 bits per heavy atom. The van der Waals surface area contributed by atoms with Crippen LogP contribution in [-0.4, -0.2) is 12.5 Å². The summed E-state index contributed by atoms with van der Waals surface area (Å²) in [5.74, 6) is -0.0328. The summed E-state index contributed by atoms with van der Waals surface area (Å²) in [6, 6.07) is 5.83. The molecule has 0 fully saturated rings. The lowest BCUT2D eigenvalue weighted by molar-refractivity contribution is -0.116. The molecule has 0 aliphatic heterocycles. The van der Waals surface area contributed by atoms with Gasteiger partial charge in [0.25, 0.3) is 0 Å². The first-order chi connectivity index (χ1) is 7.17. The van der Waals surface area contributed by atoms with Crippen LogP contribution in [0.15, 0.2) is 22.7 Å². The van der Waals surface area contributed by atoms with E-state index in [0.29, 0.717) is 13.0 Å². The molecule has 0 atom stereocenters. The molecule has 0 radical (unpaired) electrons. The van der Waals surface area contributed by atoms with Crippen LogP contribution in [0.4, 0.5) is 5.69 Å². The number of aryl methyl sites for hydroxylation is 1. The van der Waals surface area contributed by atoms with Crippen molar-refractivity contribution in [1.29, 1.82) is 0 Å². The molecule has 0 aliphatic rings. The molecule has 1 aromatic carbocycles. The van der Waals surface area contributed by atoms with Gasteiger partial charge in [0, 0.05) is 23.1 Å². The minimum absolute atomic E-state index is 0.0328. The molecule has 0 heterocycles. The maximum atomic E-state index is 11.4. The number of nitrogens with one attached hydrogen (secondary N) is 1. The molecule has 1 aromatic rings. The lowest BCUT2D eigenvalue weighted by Crippen LogP contribution is -2.17. The van der Waals surface area contributed by atoms with Crippen molar-refractivity contribution in [3.63, 3.8) is 0 Å². The van der Waals surface area contributed by atoms with Gasteiger partial charge in [-0.15, -0.1) is 0 Å². The summed E-state index contributed by atoms with van der Waals surface area (Å²) in [5, 5.41) is 2.85. The summed E-state index contributed by atoms with van der Waals surface area (Å²) in [4.78, 5) is 11.4. The van der Waals surface area contributed by atoms with Gasteiger partial charge in [-0.3, -0.25) is 4.79 Å². The van der Waals surface area contributed by atoms with Crippen LogP contribution in [0.2, 0.25) is 0 Å². The number of hydrogen-bond donors (Lipinski definition) is 2. The number of nitrogens with two attached hydrogens (primary N) is 1. The van der Waals surface area contributed by atoms with Gasteiger partial charge in [0.1, 0.15) is 0 Å². The van der Waals surface area contributed by atoms with Gasteiger partial charge in [-0.2, -0.15) is 0 Å². The fourth-order valence-corrected chi connectivity index (χ4v) is 1.73. The van der Waals surface area contributed by atoms with Crippen molar-refractivity contribution in [2.24, 2.45) is 5.73 Å². The maximum absolute atomic E-state index is 11.4. The zero-order valence-electron chi connectivity index (χ0n) is 8.72. The molecule has 0 unspecified atom stereocenters. The fraction of sp³-hybridized carbons (Fsp3) is 0.364. The van der Waals surface area contributed by atoms with Gasteiger partial charge >= 0.3 is 0 Å². The van der Waals surface area contributed by atoms with E-state index in [1.54, 1.807) is 0 Å². The third kappa shape index (κ3) is 3.64. The first-order valence-electron chi connectivity index (χ1n) is 4.95. The number of amides is 1. The Hall–Kier alpha value is -0.870. The highest BCUT2D eigenvalue weighted by molar-refractivity contribution is 9.10. The zero-order valence-corrected chi connectivity index (χ0v) is 10.3. The van der Waals surface area contributed by atoms with Crippen LogP contribution in [0.25, 0.3) is 0 Å². The molecule has 0 aliphatic carbocycles. The lowest BCUT2D eigenvalue weighted by atomic mass is 10.1.